The number of anilines is 2. The monoisotopic (exact) mass is 468 g/mol. The van der Waals surface area contributed by atoms with Crippen LogP contribution >= 0.6 is 11.6 Å². The highest BCUT2D eigenvalue weighted by Crippen LogP contribution is 2.27. The van der Waals surface area contributed by atoms with Crippen LogP contribution in [0, 0.1) is 10.1 Å². The number of hydrogen-bond donors (Lipinski definition) is 2. The molecular weight excluding hydrogens is 444 g/mol. The summed E-state index contributed by atoms with van der Waals surface area (Å²) in [5.74, 6) is 1.12. The molecular formula is C23H25ClN6O3. The Balaban J connectivity index is 1.37. The number of benzene rings is 2. The number of halogens is 1. The molecule has 9 nitrogen and oxygen atoms in total. The molecule has 172 valence electrons. The second-order valence-corrected chi connectivity index (χ2v) is 8.78. The summed E-state index contributed by atoms with van der Waals surface area (Å²) in [5.41, 5.74) is 0.841. The average Bonchev–Trinajstić information content (AvgIpc) is 2.79. The summed E-state index contributed by atoms with van der Waals surface area (Å²) < 4.78 is 0. The lowest BCUT2D eigenvalue weighted by atomic mass is 9.91. The topological polar surface area (TPSA) is 113 Å². The molecule has 0 spiro atoms. The zero-order valence-corrected chi connectivity index (χ0v) is 19.2. The standard InChI is InChI=1S/C23H25ClN6O3/c1-29(2)21-17-5-3-4-6-19(17)27-23(28-21)26-16-10-8-15(9-11-16)25-22(31)14-7-12-18(24)20(13-14)30(32)33/h3-7,12-13,15-16H,8-11H2,1-2H3,(H,25,31)(H,26,27,28)/t15-,16+. The Bertz CT molecular complexity index is 1190. The fourth-order valence-corrected chi connectivity index (χ4v) is 4.28. The van der Waals surface area contributed by atoms with Gasteiger partial charge >= 0.3 is 0 Å². The van der Waals surface area contributed by atoms with Crippen molar-refractivity contribution in [2.45, 2.75) is 37.8 Å². The number of nitro benzene ring substituents is 1. The van der Waals surface area contributed by atoms with Crippen molar-refractivity contribution in [2.24, 2.45) is 0 Å². The summed E-state index contributed by atoms with van der Waals surface area (Å²) >= 11 is 5.84. The first kappa shape index (κ1) is 22.7. The van der Waals surface area contributed by atoms with Crippen molar-refractivity contribution in [2.75, 3.05) is 24.3 Å². The van der Waals surface area contributed by atoms with Crippen molar-refractivity contribution in [3.05, 3.63) is 63.2 Å². The number of carbonyl (C=O) groups is 1. The van der Waals surface area contributed by atoms with Gasteiger partial charge in [0.25, 0.3) is 11.6 Å². The zero-order valence-electron chi connectivity index (χ0n) is 18.4. The van der Waals surface area contributed by atoms with Gasteiger partial charge < -0.3 is 15.5 Å². The lowest BCUT2D eigenvalue weighted by molar-refractivity contribution is -0.384. The highest BCUT2D eigenvalue weighted by Gasteiger charge is 2.25. The number of aromatic nitrogens is 2. The van der Waals surface area contributed by atoms with Gasteiger partial charge in [-0.2, -0.15) is 4.98 Å². The Morgan fingerprint density at radius 3 is 2.48 bits per heavy atom. The van der Waals surface area contributed by atoms with E-state index < -0.39 is 4.92 Å². The van der Waals surface area contributed by atoms with Gasteiger partial charge in [0.15, 0.2) is 0 Å². The summed E-state index contributed by atoms with van der Waals surface area (Å²) in [5, 5.41) is 18.5. The predicted octanol–water partition coefficient (Wildman–Crippen LogP) is 4.41. The van der Waals surface area contributed by atoms with Crippen LogP contribution in [-0.2, 0) is 0 Å². The van der Waals surface area contributed by atoms with Crippen LogP contribution in [0.2, 0.25) is 5.02 Å². The van der Waals surface area contributed by atoms with Crippen LogP contribution in [0.4, 0.5) is 17.5 Å². The fraction of sp³-hybridized carbons (Fsp3) is 0.348. The summed E-state index contributed by atoms with van der Waals surface area (Å²) in [7, 11) is 3.92. The van der Waals surface area contributed by atoms with E-state index in [0.717, 1.165) is 42.4 Å². The number of nitrogens with one attached hydrogen (secondary N) is 2. The number of nitrogens with zero attached hydrogens (tertiary/aromatic N) is 4. The molecule has 0 bridgehead atoms. The van der Waals surface area contributed by atoms with Crippen molar-refractivity contribution >= 4 is 45.9 Å². The molecule has 33 heavy (non-hydrogen) atoms. The van der Waals surface area contributed by atoms with E-state index in [9.17, 15) is 14.9 Å². The minimum Gasteiger partial charge on any atom is -0.362 e. The molecule has 10 heteroatoms. The Labute approximate surface area is 196 Å². The number of para-hydroxylation sites is 1. The smallest absolute Gasteiger partial charge is 0.288 e. The van der Waals surface area contributed by atoms with E-state index in [1.54, 1.807) is 0 Å². The summed E-state index contributed by atoms with van der Waals surface area (Å²) in [6.45, 7) is 0. The summed E-state index contributed by atoms with van der Waals surface area (Å²) in [4.78, 5) is 34.4. The van der Waals surface area contributed by atoms with Crippen LogP contribution in [0.3, 0.4) is 0 Å². The van der Waals surface area contributed by atoms with Crippen LogP contribution in [-0.4, -0.2) is 47.0 Å². The van der Waals surface area contributed by atoms with E-state index in [2.05, 4.69) is 15.6 Å². The van der Waals surface area contributed by atoms with Crippen molar-refractivity contribution in [1.29, 1.82) is 0 Å². The Morgan fingerprint density at radius 2 is 1.79 bits per heavy atom. The molecule has 1 saturated carbocycles. The Hall–Kier alpha value is -3.46. The molecule has 2 aromatic carbocycles. The van der Waals surface area contributed by atoms with E-state index in [4.69, 9.17) is 16.6 Å². The zero-order chi connectivity index (χ0) is 23.5. The van der Waals surface area contributed by atoms with Crippen molar-refractivity contribution in [3.63, 3.8) is 0 Å². The number of hydrogen-bond acceptors (Lipinski definition) is 7. The SMILES string of the molecule is CN(C)c1nc(N[C@H]2CC[C@@H](NC(=O)c3ccc(Cl)c([N+](=O)[O-])c3)CC2)nc2ccccc12. The molecule has 1 amide bonds. The van der Waals surface area contributed by atoms with Crippen molar-refractivity contribution in [3.8, 4) is 0 Å². The van der Waals surface area contributed by atoms with Gasteiger partial charge in [0.2, 0.25) is 5.95 Å². The van der Waals surface area contributed by atoms with Crippen LogP contribution < -0.4 is 15.5 Å². The van der Waals surface area contributed by atoms with E-state index in [-0.39, 0.29) is 34.3 Å². The molecule has 4 rings (SSSR count). The van der Waals surface area contributed by atoms with Crippen LogP contribution in [0.25, 0.3) is 10.9 Å². The minimum atomic E-state index is -0.591. The lowest BCUT2D eigenvalue weighted by Gasteiger charge is -2.30. The first-order valence-electron chi connectivity index (χ1n) is 10.8. The van der Waals surface area contributed by atoms with Gasteiger partial charge in [-0.05, 0) is 49.9 Å². The third kappa shape index (κ3) is 5.14. The van der Waals surface area contributed by atoms with Gasteiger partial charge in [-0.1, -0.05) is 23.7 Å². The molecule has 0 unspecified atom stereocenters. The van der Waals surface area contributed by atoms with Gasteiger partial charge in [-0.3, -0.25) is 14.9 Å². The molecule has 0 atom stereocenters. The van der Waals surface area contributed by atoms with E-state index in [1.165, 1.54) is 18.2 Å². The largest absolute Gasteiger partial charge is 0.362 e. The quantitative estimate of drug-likeness (QED) is 0.407. The van der Waals surface area contributed by atoms with Crippen LogP contribution in [0.5, 0.6) is 0 Å². The normalized spacial score (nSPS) is 18.0. The number of fused-ring (bicyclic) bond motifs is 1. The maximum Gasteiger partial charge on any atom is 0.288 e. The second kappa shape index (κ2) is 9.58. The summed E-state index contributed by atoms with van der Waals surface area (Å²) in [6, 6.07) is 12.2. The first-order chi connectivity index (χ1) is 15.8. The van der Waals surface area contributed by atoms with Crippen LogP contribution in [0.1, 0.15) is 36.0 Å². The number of nitro groups is 1. The molecule has 1 aliphatic carbocycles. The predicted molar refractivity (Wildman–Crippen MR) is 129 cm³/mol. The van der Waals surface area contributed by atoms with Crippen molar-refractivity contribution in [1.82, 2.24) is 15.3 Å². The van der Waals surface area contributed by atoms with Crippen molar-refractivity contribution < 1.29 is 9.72 Å². The summed E-state index contributed by atoms with van der Waals surface area (Å²) in [6.07, 6.45) is 3.26. The molecule has 0 radical (unpaired) electrons. The number of carbonyl (C=O) groups excluding carboxylic acids is 1. The lowest BCUT2D eigenvalue weighted by Crippen LogP contribution is -2.40. The number of rotatable bonds is 6. The molecule has 1 heterocycles. The highest BCUT2D eigenvalue weighted by atomic mass is 35.5. The highest BCUT2D eigenvalue weighted by molar-refractivity contribution is 6.32. The third-order valence-corrected chi connectivity index (χ3v) is 6.13. The molecule has 1 aromatic heterocycles. The van der Waals surface area contributed by atoms with Gasteiger partial charge in [0.05, 0.1) is 10.4 Å². The van der Waals surface area contributed by atoms with E-state index in [0.29, 0.717) is 5.95 Å². The Morgan fingerprint density at radius 1 is 1.09 bits per heavy atom. The second-order valence-electron chi connectivity index (χ2n) is 8.37. The molecule has 0 saturated heterocycles. The third-order valence-electron chi connectivity index (χ3n) is 5.81. The fourth-order valence-electron chi connectivity index (χ4n) is 4.09. The van der Waals surface area contributed by atoms with Gasteiger partial charge in [-0.15, -0.1) is 0 Å². The molecule has 1 aliphatic rings. The molecule has 3 aromatic rings. The van der Waals surface area contributed by atoms with Gasteiger partial charge in [0, 0.05) is 43.2 Å². The average molecular weight is 469 g/mol. The van der Waals surface area contributed by atoms with Gasteiger partial charge in [0.1, 0.15) is 10.8 Å². The molecule has 2 N–H and O–H groups in total. The van der Waals surface area contributed by atoms with Crippen LogP contribution in [0.15, 0.2) is 42.5 Å². The maximum atomic E-state index is 12.6. The minimum absolute atomic E-state index is 0.000132. The molecule has 1 fully saturated rings. The molecule has 0 aliphatic heterocycles. The maximum absolute atomic E-state index is 12.6. The van der Waals surface area contributed by atoms with E-state index in [1.807, 2.05) is 43.3 Å². The number of amides is 1. The first-order valence-corrected chi connectivity index (χ1v) is 11.1. The van der Waals surface area contributed by atoms with Gasteiger partial charge in [-0.25, -0.2) is 4.98 Å². The van der Waals surface area contributed by atoms with E-state index >= 15 is 0 Å². The Kier molecular flexibility index (Phi) is 6.60.